The van der Waals surface area contributed by atoms with Crippen LogP contribution >= 0.6 is 0 Å². The predicted octanol–water partition coefficient (Wildman–Crippen LogP) is 2.18. The Kier molecular flexibility index (Phi) is 5.68. The van der Waals surface area contributed by atoms with Crippen molar-refractivity contribution in [1.82, 2.24) is 5.32 Å². The van der Waals surface area contributed by atoms with Gasteiger partial charge >= 0.3 is 0 Å². The van der Waals surface area contributed by atoms with E-state index in [4.69, 9.17) is 4.74 Å². The Labute approximate surface area is 139 Å². The van der Waals surface area contributed by atoms with Gasteiger partial charge in [-0.2, -0.15) is 0 Å². The monoisotopic (exact) mass is 329 g/mol. The van der Waals surface area contributed by atoms with Gasteiger partial charge < -0.3 is 25.4 Å². The van der Waals surface area contributed by atoms with Crippen LogP contribution in [0, 0.1) is 0 Å². The van der Waals surface area contributed by atoms with Gasteiger partial charge in [0.05, 0.1) is 7.11 Å². The Bertz CT molecular complexity index is 755. The lowest BCUT2D eigenvalue weighted by molar-refractivity contribution is -0.116. The number of rotatable bonds is 6. The third-order valence-electron chi connectivity index (χ3n) is 3.38. The second kappa shape index (κ2) is 7.92. The van der Waals surface area contributed by atoms with Gasteiger partial charge in [0.1, 0.15) is 0 Å². The molecule has 0 unspecified atom stereocenters. The lowest BCUT2D eigenvalue weighted by Gasteiger charge is -2.07. The Morgan fingerprint density at radius 3 is 2.54 bits per heavy atom. The van der Waals surface area contributed by atoms with Crippen molar-refractivity contribution >= 4 is 12.0 Å². The van der Waals surface area contributed by atoms with Gasteiger partial charge in [0.2, 0.25) is 5.91 Å². The molecule has 2 aromatic carbocycles. The molecule has 2 rings (SSSR count). The zero-order chi connectivity index (χ0) is 17.5. The largest absolute Gasteiger partial charge is 0.504 e. The summed E-state index contributed by atoms with van der Waals surface area (Å²) in [7, 11) is 1.48. The highest BCUT2D eigenvalue weighted by Crippen LogP contribution is 2.26. The minimum Gasteiger partial charge on any atom is -0.504 e. The molecule has 0 saturated carbocycles. The van der Waals surface area contributed by atoms with Crippen molar-refractivity contribution in [2.75, 3.05) is 13.7 Å². The van der Waals surface area contributed by atoms with Crippen LogP contribution in [0.4, 0.5) is 0 Å². The molecule has 0 radical (unpaired) electrons. The molecule has 126 valence electrons. The third-order valence-corrected chi connectivity index (χ3v) is 3.38. The number of carbonyl (C=O) groups excluding carboxylic acids is 1. The Balaban J connectivity index is 1.84. The van der Waals surface area contributed by atoms with Crippen molar-refractivity contribution in [1.29, 1.82) is 0 Å². The van der Waals surface area contributed by atoms with Gasteiger partial charge in [-0.1, -0.05) is 12.1 Å². The zero-order valence-electron chi connectivity index (χ0n) is 13.2. The van der Waals surface area contributed by atoms with Gasteiger partial charge in [0.25, 0.3) is 0 Å². The van der Waals surface area contributed by atoms with Crippen LogP contribution in [0.5, 0.6) is 23.0 Å². The Morgan fingerprint density at radius 2 is 1.83 bits per heavy atom. The molecule has 6 heteroatoms. The van der Waals surface area contributed by atoms with E-state index in [1.54, 1.807) is 24.3 Å². The first-order chi connectivity index (χ1) is 11.5. The summed E-state index contributed by atoms with van der Waals surface area (Å²) < 4.78 is 5.03. The number of aromatic hydroxyl groups is 3. The van der Waals surface area contributed by atoms with Crippen molar-refractivity contribution in [3.63, 3.8) is 0 Å². The quantitative estimate of drug-likeness (QED) is 0.481. The van der Waals surface area contributed by atoms with Crippen molar-refractivity contribution in [3.8, 4) is 23.0 Å². The summed E-state index contributed by atoms with van der Waals surface area (Å²) in [6.07, 6.45) is 3.48. The summed E-state index contributed by atoms with van der Waals surface area (Å²) in [5.74, 6) is -0.246. The minimum absolute atomic E-state index is 0.0744. The van der Waals surface area contributed by atoms with Gasteiger partial charge in [-0.25, -0.2) is 0 Å². The number of phenolic OH excluding ortho intramolecular Hbond substituents is 3. The lowest BCUT2D eigenvalue weighted by Crippen LogP contribution is -2.23. The first-order valence-corrected chi connectivity index (χ1v) is 7.33. The van der Waals surface area contributed by atoms with E-state index >= 15 is 0 Å². The van der Waals surface area contributed by atoms with Crippen LogP contribution in [0.3, 0.4) is 0 Å². The van der Waals surface area contributed by atoms with Gasteiger partial charge in [0.15, 0.2) is 23.0 Å². The van der Waals surface area contributed by atoms with E-state index < -0.39 is 0 Å². The second-order valence-electron chi connectivity index (χ2n) is 5.13. The molecule has 0 fully saturated rings. The number of phenols is 3. The summed E-state index contributed by atoms with van der Waals surface area (Å²) in [6.45, 7) is 0.429. The maximum atomic E-state index is 11.8. The number of amides is 1. The van der Waals surface area contributed by atoms with Crippen molar-refractivity contribution in [3.05, 3.63) is 53.6 Å². The molecule has 0 aliphatic carbocycles. The van der Waals surface area contributed by atoms with Crippen LogP contribution in [0.2, 0.25) is 0 Å². The number of nitrogens with one attached hydrogen (secondary N) is 1. The van der Waals surface area contributed by atoms with E-state index in [0.717, 1.165) is 5.56 Å². The molecule has 2 aromatic rings. The molecule has 0 aliphatic rings. The van der Waals surface area contributed by atoms with E-state index in [9.17, 15) is 20.1 Å². The summed E-state index contributed by atoms with van der Waals surface area (Å²) in [4.78, 5) is 11.8. The van der Waals surface area contributed by atoms with Crippen LogP contribution < -0.4 is 10.1 Å². The average molecular weight is 329 g/mol. The van der Waals surface area contributed by atoms with E-state index in [1.807, 2.05) is 0 Å². The maximum Gasteiger partial charge on any atom is 0.244 e. The van der Waals surface area contributed by atoms with E-state index in [-0.39, 0.29) is 23.2 Å². The summed E-state index contributed by atoms with van der Waals surface area (Å²) in [5, 5.41) is 30.9. The number of ether oxygens (including phenoxy) is 1. The fraction of sp³-hybridized carbons (Fsp3) is 0.167. The first-order valence-electron chi connectivity index (χ1n) is 7.33. The smallest absolute Gasteiger partial charge is 0.244 e. The number of carbonyl (C=O) groups is 1. The van der Waals surface area contributed by atoms with E-state index in [1.165, 1.54) is 31.4 Å². The topological polar surface area (TPSA) is 99.0 Å². The SMILES string of the molecule is COc1cc(CCNC(=O)C=Cc2ccc(O)c(O)c2)ccc1O. The van der Waals surface area contributed by atoms with Gasteiger partial charge in [-0.3, -0.25) is 4.79 Å². The van der Waals surface area contributed by atoms with Crippen molar-refractivity contribution < 1.29 is 24.9 Å². The van der Waals surface area contributed by atoms with E-state index in [0.29, 0.717) is 24.3 Å². The fourth-order valence-corrected chi connectivity index (χ4v) is 2.08. The normalized spacial score (nSPS) is 10.7. The highest BCUT2D eigenvalue weighted by molar-refractivity contribution is 5.91. The molecule has 0 heterocycles. The molecular formula is C18H19NO5. The third kappa shape index (κ3) is 4.67. The highest BCUT2D eigenvalue weighted by Gasteiger charge is 2.03. The predicted molar refractivity (Wildman–Crippen MR) is 90.2 cm³/mol. The summed E-state index contributed by atoms with van der Waals surface area (Å²) >= 11 is 0. The van der Waals surface area contributed by atoms with Crippen LogP contribution in [-0.2, 0) is 11.2 Å². The molecule has 0 spiro atoms. The first kappa shape index (κ1) is 17.2. The molecule has 24 heavy (non-hydrogen) atoms. The number of methoxy groups -OCH3 is 1. The van der Waals surface area contributed by atoms with Gasteiger partial charge in [-0.15, -0.1) is 0 Å². The molecular weight excluding hydrogens is 310 g/mol. The molecule has 0 aromatic heterocycles. The molecule has 0 atom stereocenters. The number of benzene rings is 2. The maximum absolute atomic E-state index is 11.8. The van der Waals surface area contributed by atoms with Crippen LogP contribution in [0.25, 0.3) is 6.08 Å². The van der Waals surface area contributed by atoms with Gasteiger partial charge in [0, 0.05) is 12.6 Å². The van der Waals surface area contributed by atoms with Crippen molar-refractivity contribution in [2.45, 2.75) is 6.42 Å². The molecule has 0 saturated heterocycles. The van der Waals surface area contributed by atoms with Crippen LogP contribution in [0.15, 0.2) is 42.5 Å². The summed E-state index contributed by atoms with van der Waals surface area (Å²) in [6, 6.07) is 9.33. The fourth-order valence-electron chi connectivity index (χ4n) is 2.08. The van der Waals surface area contributed by atoms with Crippen LogP contribution in [-0.4, -0.2) is 34.9 Å². The molecule has 0 bridgehead atoms. The Hall–Kier alpha value is -3.15. The second-order valence-corrected chi connectivity index (χ2v) is 5.13. The number of hydrogen-bond donors (Lipinski definition) is 4. The lowest BCUT2D eigenvalue weighted by atomic mass is 10.1. The Morgan fingerprint density at radius 1 is 1.08 bits per heavy atom. The van der Waals surface area contributed by atoms with E-state index in [2.05, 4.69) is 5.32 Å². The van der Waals surface area contributed by atoms with Crippen LogP contribution in [0.1, 0.15) is 11.1 Å². The molecule has 4 N–H and O–H groups in total. The number of hydrogen-bond acceptors (Lipinski definition) is 5. The molecule has 0 aliphatic heterocycles. The average Bonchev–Trinajstić information content (AvgIpc) is 2.57. The molecule has 6 nitrogen and oxygen atoms in total. The molecule has 1 amide bonds. The van der Waals surface area contributed by atoms with Crippen molar-refractivity contribution in [2.24, 2.45) is 0 Å². The highest BCUT2D eigenvalue weighted by atomic mass is 16.5. The zero-order valence-corrected chi connectivity index (χ0v) is 13.2. The summed E-state index contributed by atoms with van der Waals surface area (Å²) in [5.41, 5.74) is 1.53. The minimum atomic E-state index is -0.270. The van der Waals surface area contributed by atoms with Gasteiger partial charge in [-0.05, 0) is 47.9 Å². The standard InChI is InChI=1S/C18H19NO5/c1-24-17-11-13(3-6-15(17)21)8-9-19-18(23)7-4-12-2-5-14(20)16(22)10-12/h2-7,10-11,20-22H,8-9H2,1H3,(H,19,23).